The van der Waals surface area contributed by atoms with Crippen LogP contribution in [0.25, 0.3) is 11.0 Å². The first-order valence-corrected chi connectivity index (χ1v) is 8.60. The molecule has 1 atom stereocenters. The Morgan fingerprint density at radius 1 is 1.29 bits per heavy atom. The molecular formula is C17H19ClN2S. The van der Waals surface area contributed by atoms with Crippen LogP contribution in [-0.4, -0.2) is 9.55 Å². The molecule has 2 heterocycles. The molecule has 0 saturated heterocycles. The molecule has 3 aromatic rings. The summed E-state index contributed by atoms with van der Waals surface area (Å²) in [5.41, 5.74) is 3.45. The minimum Gasteiger partial charge on any atom is -0.318 e. The summed E-state index contributed by atoms with van der Waals surface area (Å²) < 4.78 is 2.33. The van der Waals surface area contributed by atoms with E-state index in [9.17, 15) is 0 Å². The lowest BCUT2D eigenvalue weighted by Gasteiger charge is -2.24. The van der Waals surface area contributed by atoms with E-state index in [1.807, 2.05) is 0 Å². The molecule has 110 valence electrons. The summed E-state index contributed by atoms with van der Waals surface area (Å²) in [4.78, 5) is 6.08. The Morgan fingerprint density at radius 2 is 2.10 bits per heavy atom. The summed E-state index contributed by atoms with van der Waals surface area (Å²) in [6.07, 6.45) is 0. The molecule has 21 heavy (non-hydrogen) atoms. The van der Waals surface area contributed by atoms with Gasteiger partial charge in [0, 0.05) is 4.88 Å². The average molecular weight is 319 g/mol. The molecule has 0 aliphatic heterocycles. The fraction of sp³-hybridized carbons (Fsp3) is 0.353. The van der Waals surface area contributed by atoms with Gasteiger partial charge in [-0.15, -0.1) is 22.9 Å². The molecule has 0 bridgehead atoms. The third-order valence-corrected chi connectivity index (χ3v) is 4.96. The van der Waals surface area contributed by atoms with E-state index in [0.29, 0.717) is 11.8 Å². The van der Waals surface area contributed by atoms with Crippen LogP contribution in [0, 0.1) is 12.8 Å². The SMILES string of the molecule is Cc1ccc2nc(CCl)n(C(c3cccs3)C(C)C)c2c1. The van der Waals surface area contributed by atoms with Crippen LogP contribution in [0.4, 0.5) is 0 Å². The number of hydrogen-bond donors (Lipinski definition) is 0. The average Bonchev–Trinajstić information content (AvgIpc) is 3.07. The number of hydrogen-bond acceptors (Lipinski definition) is 2. The summed E-state index contributed by atoms with van der Waals surface area (Å²) >= 11 is 7.97. The first-order chi connectivity index (χ1) is 10.1. The topological polar surface area (TPSA) is 17.8 Å². The zero-order valence-corrected chi connectivity index (χ0v) is 14.1. The lowest BCUT2D eigenvalue weighted by molar-refractivity contribution is 0.444. The lowest BCUT2D eigenvalue weighted by Crippen LogP contribution is -2.17. The van der Waals surface area contributed by atoms with Gasteiger partial charge in [-0.25, -0.2) is 4.98 Å². The number of benzene rings is 1. The third-order valence-electron chi connectivity index (χ3n) is 3.78. The zero-order valence-electron chi connectivity index (χ0n) is 12.5. The van der Waals surface area contributed by atoms with Gasteiger partial charge in [0.15, 0.2) is 0 Å². The molecule has 0 saturated carbocycles. The van der Waals surface area contributed by atoms with Gasteiger partial charge in [-0.1, -0.05) is 26.0 Å². The van der Waals surface area contributed by atoms with Crippen molar-refractivity contribution in [1.82, 2.24) is 9.55 Å². The van der Waals surface area contributed by atoms with Crippen molar-refractivity contribution >= 4 is 34.0 Å². The van der Waals surface area contributed by atoms with Gasteiger partial charge in [-0.05, 0) is 42.0 Å². The van der Waals surface area contributed by atoms with Gasteiger partial charge in [0.05, 0.1) is 23.0 Å². The number of alkyl halides is 1. The number of thiophene rings is 1. The van der Waals surface area contributed by atoms with E-state index in [-0.39, 0.29) is 6.04 Å². The monoisotopic (exact) mass is 318 g/mol. The molecule has 3 rings (SSSR count). The van der Waals surface area contributed by atoms with E-state index in [1.54, 1.807) is 11.3 Å². The van der Waals surface area contributed by atoms with E-state index in [2.05, 4.69) is 61.1 Å². The predicted octanol–water partition coefficient (Wildman–Crippen LogP) is 5.39. The van der Waals surface area contributed by atoms with Crippen molar-refractivity contribution in [1.29, 1.82) is 0 Å². The van der Waals surface area contributed by atoms with E-state index in [4.69, 9.17) is 16.6 Å². The second-order valence-electron chi connectivity index (χ2n) is 5.73. The van der Waals surface area contributed by atoms with Crippen LogP contribution < -0.4 is 0 Å². The van der Waals surface area contributed by atoms with E-state index < -0.39 is 0 Å². The Bertz CT molecular complexity index is 744. The van der Waals surface area contributed by atoms with Crippen molar-refractivity contribution < 1.29 is 0 Å². The van der Waals surface area contributed by atoms with Crippen LogP contribution in [0.5, 0.6) is 0 Å². The molecule has 1 unspecified atom stereocenters. The van der Waals surface area contributed by atoms with Gasteiger partial charge in [-0.2, -0.15) is 0 Å². The van der Waals surface area contributed by atoms with Crippen molar-refractivity contribution in [2.24, 2.45) is 5.92 Å². The fourth-order valence-electron chi connectivity index (χ4n) is 2.87. The number of halogens is 1. The molecule has 0 aliphatic carbocycles. The second kappa shape index (κ2) is 5.82. The first kappa shape index (κ1) is 14.6. The van der Waals surface area contributed by atoms with Gasteiger partial charge < -0.3 is 4.57 Å². The highest BCUT2D eigenvalue weighted by molar-refractivity contribution is 7.10. The van der Waals surface area contributed by atoms with Crippen molar-refractivity contribution in [3.63, 3.8) is 0 Å². The summed E-state index contributed by atoms with van der Waals surface area (Å²) in [7, 11) is 0. The van der Waals surface area contributed by atoms with E-state index >= 15 is 0 Å². The quantitative estimate of drug-likeness (QED) is 0.590. The smallest absolute Gasteiger partial charge is 0.125 e. The number of aromatic nitrogens is 2. The Hall–Kier alpha value is -1.32. The number of nitrogens with zero attached hydrogens (tertiary/aromatic N) is 2. The molecule has 0 radical (unpaired) electrons. The van der Waals surface area contributed by atoms with Crippen LogP contribution in [0.1, 0.15) is 36.2 Å². The van der Waals surface area contributed by atoms with E-state index in [0.717, 1.165) is 11.3 Å². The van der Waals surface area contributed by atoms with Crippen LogP contribution in [0.15, 0.2) is 35.7 Å². The predicted molar refractivity (Wildman–Crippen MR) is 91.3 cm³/mol. The van der Waals surface area contributed by atoms with E-state index in [1.165, 1.54) is 16.0 Å². The van der Waals surface area contributed by atoms with Gasteiger partial charge in [0.25, 0.3) is 0 Å². The number of rotatable bonds is 4. The third kappa shape index (κ3) is 2.60. The van der Waals surface area contributed by atoms with Crippen LogP contribution in [0.3, 0.4) is 0 Å². The summed E-state index contributed by atoms with van der Waals surface area (Å²) in [6, 6.07) is 11.0. The normalized spacial score (nSPS) is 13.2. The highest BCUT2D eigenvalue weighted by Gasteiger charge is 2.24. The van der Waals surface area contributed by atoms with Crippen molar-refractivity contribution in [2.75, 3.05) is 0 Å². The standard InChI is InChI=1S/C17H19ClN2S/c1-11(2)17(15-5-4-8-21-15)20-14-9-12(3)6-7-13(14)19-16(20)10-18/h4-9,11,17H,10H2,1-3H3. The lowest BCUT2D eigenvalue weighted by atomic mass is 10.0. The minimum absolute atomic E-state index is 0.283. The number of fused-ring (bicyclic) bond motifs is 1. The molecule has 2 nitrogen and oxygen atoms in total. The van der Waals surface area contributed by atoms with Crippen LogP contribution in [0.2, 0.25) is 0 Å². The molecule has 0 spiro atoms. The molecule has 0 amide bonds. The molecule has 0 aliphatic rings. The molecule has 1 aromatic carbocycles. The van der Waals surface area contributed by atoms with Crippen molar-refractivity contribution in [3.05, 3.63) is 52.0 Å². The van der Waals surface area contributed by atoms with Crippen LogP contribution >= 0.6 is 22.9 Å². The number of aryl methyl sites for hydroxylation is 1. The second-order valence-corrected chi connectivity index (χ2v) is 6.97. The van der Waals surface area contributed by atoms with Gasteiger partial charge >= 0.3 is 0 Å². The van der Waals surface area contributed by atoms with Gasteiger partial charge in [-0.3, -0.25) is 0 Å². The Labute approximate surface area is 134 Å². The Kier molecular flexibility index (Phi) is 4.05. The van der Waals surface area contributed by atoms with Crippen LogP contribution in [-0.2, 0) is 5.88 Å². The highest BCUT2D eigenvalue weighted by Crippen LogP contribution is 2.34. The Balaban J connectivity index is 2.27. The summed E-state index contributed by atoms with van der Waals surface area (Å²) in [5, 5.41) is 2.13. The number of imidazole rings is 1. The maximum absolute atomic E-state index is 6.17. The molecule has 0 N–H and O–H groups in total. The molecular weight excluding hydrogens is 300 g/mol. The largest absolute Gasteiger partial charge is 0.318 e. The molecule has 0 fully saturated rings. The van der Waals surface area contributed by atoms with Crippen molar-refractivity contribution in [3.8, 4) is 0 Å². The Morgan fingerprint density at radius 3 is 2.71 bits per heavy atom. The molecule has 4 heteroatoms. The summed E-state index contributed by atoms with van der Waals surface area (Å²) in [5.74, 6) is 1.86. The highest BCUT2D eigenvalue weighted by atomic mass is 35.5. The molecule has 2 aromatic heterocycles. The van der Waals surface area contributed by atoms with Gasteiger partial charge in [0.1, 0.15) is 5.82 Å². The minimum atomic E-state index is 0.283. The maximum Gasteiger partial charge on any atom is 0.125 e. The zero-order chi connectivity index (χ0) is 15.0. The summed E-state index contributed by atoms with van der Waals surface area (Å²) in [6.45, 7) is 6.63. The van der Waals surface area contributed by atoms with Gasteiger partial charge in [0.2, 0.25) is 0 Å². The fourth-order valence-corrected chi connectivity index (χ4v) is 4.05. The van der Waals surface area contributed by atoms with Crippen molar-refractivity contribution in [2.45, 2.75) is 32.7 Å². The maximum atomic E-state index is 6.17. The first-order valence-electron chi connectivity index (χ1n) is 7.18.